The quantitative estimate of drug-likeness (QED) is 0.937. The molecule has 1 aromatic heterocycles. The lowest BCUT2D eigenvalue weighted by molar-refractivity contribution is -0.0720. The largest absolute Gasteiger partial charge is 0.383 e. The van der Waals surface area contributed by atoms with E-state index in [1.807, 2.05) is 38.2 Å². The van der Waals surface area contributed by atoms with Gasteiger partial charge in [0.05, 0.1) is 25.4 Å². The maximum absolute atomic E-state index is 12.5. The molecule has 1 saturated heterocycles. The Morgan fingerprint density at radius 1 is 1.38 bits per heavy atom. The summed E-state index contributed by atoms with van der Waals surface area (Å²) < 4.78 is 12.9. The zero-order chi connectivity index (χ0) is 17.2. The molecule has 0 atom stereocenters. The standard InChI is InChI=1S/C18H25N3O3/c1-18(2)13-21(9-11-24-18)17(22)19-15-4-5-16-14(12-15)6-7-20(16)8-10-23-3/h4-7,12H,8-11,13H2,1-3H3,(H,19,22). The average molecular weight is 331 g/mol. The first-order chi connectivity index (χ1) is 11.5. The van der Waals surface area contributed by atoms with E-state index in [4.69, 9.17) is 9.47 Å². The normalized spacial score (nSPS) is 17.2. The highest BCUT2D eigenvalue weighted by Crippen LogP contribution is 2.22. The molecule has 1 N–H and O–H groups in total. The van der Waals surface area contributed by atoms with Crippen LogP contribution in [-0.4, -0.2) is 54.5 Å². The molecule has 1 aromatic carbocycles. The van der Waals surface area contributed by atoms with Gasteiger partial charge in [-0.1, -0.05) is 0 Å². The van der Waals surface area contributed by atoms with E-state index in [0.29, 0.717) is 26.3 Å². The zero-order valence-corrected chi connectivity index (χ0v) is 14.5. The molecule has 1 aliphatic rings. The Kier molecular flexibility index (Phi) is 4.78. The first kappa shape index (κ1) is 16.8. The molecule has 0 unspecified atom stereocenters. The second kappa shape index (κ2) is 6.83. The molecule has 0 radical (unpaired) electrons. The summed E-state index contributed by atoms with van der Waals surface area (Å²) in [4.78, 5) is 14.3. The molecule has 0 aliphatic carbocycles. The van der Waals surface area contributed by atoms with Crippen molar-refractivity contribution < 1.29 is 14.3 Å². The molecular formula is C18H25N3O3. The van der Waals surface area contributed by atoms with Crippen LogP contribution >= 0.6 is 0 Å². The number of rotatable bonds is 4. The van der Waals surface area contributed by atoms with Crippen LogP contribution in [0.1, 0.15) is 13.8 Å². The monoisotopic (exact) mass is 331 g/mol. The van der Waals surface area contributed by atoms with Crippen molar-refractivity contribution in [2.45, 2.75) is 26.0 Å². The van der Waals surface area contributed by atoms with Gasteiger partial charge in [0.1, 0.15) is 0 Å². The minimum absolute atomic E-state index is 0.0791. The van der Waals surface area contributed by atoms with Crippen molar-refractivity contribution in [2.75, 3.05) is 38.7 Å². The molecule has 2 aromatic rings. The second-order valence-corrected chi connectivity index (χ2v) is 6.74. The maximum atomic E-state index is 12.5. The predicted molar refractivity (Wildman–Crippen MR) is 94.4 cm³/mol. The third kappa shape index (κ3) is 3.71. The molecule has 0 saturated carbocycles. The molecular weight excluding hydrogens is 306 g/mol. The number of fused-ring (bicyclic) bond motifs is 1. The number of benzene rings is 1. The Labute approximate surface area is 142 Å². The number of anilines is 1. The molecule has 6 heteroatoms. The number of aromatic nitrogens is 1. The van der Waals surface area contributed by atoms with Gasteiger partial charge in [0.25, 0.3) is 0 Å². The van der Waals surface area contributed by atoms with Gasteiger partial charge >= 0.3 is 6.03 Å². The van der Waals surface area contributed by atoms with Crippen LogP contribution in [0.5, 0.6) is 0 Å². The Morgan fingerprint density at radius 3 is 2.96 bits per heavy atom. The summed E-state index contributed by atoms with van der Waals surface area (Å²) in [6.07, 6.45) is 2.04. The molecule has 0 spiro atoms. The summed E-state index contributed by atoms with van der Waals surface area (Å²) >= 11 is 0. The number of nitrogens with one attached hydrogen (secondary N) is 1. The summed E-state index contributed by atoms with van der Waals surface area (Å²) in [7, 11) is 1.70. The number of carbonyl (C=O) groups excluding carboxylic acids is 1. The van der Waals surface area contributed by atoms with Gasteiger partial charge in [-0.25, -0.2) is 4.79 Å². The number of morpholine rings is 1. The van der Waals surface area contributed by atoms with E-state index in [0.717, 1.165) is 23.1 Å². The van der Waals surface area contributed by atoms with E-state index in [1.165, 1.54) is 0 Å². The van der Waals surface area contributed by atoms with Crippen molar-refractivity contribution in [1.29, 1.82) is 0 Å². The van der Waals surface area contributed by atoms with Crippen molar-refractivity contribution in [1.82, 2.24) is 9.47 Å². The highest BCUT2D eigenvalue weighted by Gasteiger charge is 2.29. The van der Waals surface area contributed by atoms with E-state index >= 15 is 0 Å². The number of methoxy groups -OCH3 is 1. The van der Waals surface area contributed by atoms with Gasteiger partial charge in [-0.3, -0.25) is 0 Å². The molecule has 24 heavy (non-hydrogen) atoms. The van der Waals surface area contributed by atoms with E-state index in [9.17, 15) is 4.79 Å². The predicted octanol–water partition coefficient (Wildman–Crippen LogP) is 2.93. The lowest BCUT2D eigenvalue weighted by Crippen LogP contribution is -2.51. The van der Waals surface area contributed by atoms with Crippen LogP contribution in [0, 0.1) is 0 Å². The molecule has 2 heterocycles. The van der Waals surface area contributed by atoms with Crippen molar-refractivity contribution in [3.05, 3.63) is 30.5 Å². The highest BCUT2D eigenvalue weighted by atomic mass is 16.5. The molecule has 1 fully saturated rings. The Hall–Kier alpha value is -2.05. The Balaban J connectivity index is 1.70. The van der Waals surface area contributed by atoms with E-state index in [-0.39, 0.29) is 11.6 Å². The summed E-state index contributed by atoms with van der Waals surface area (Å²) in [5.74, 6) is 0. The Bertz CT molecular complexity index is 723. The van der Waals surface area contributed by atoms with Crippen LogP contribution in [-0.2, 0) is 16.0 Å². The molecule has 0 bridgehead atoms. The van der Waals surface area contributed by atoms with E-state index < -0.39 is 0 Å². The van der Waals surface area contributed by atoms with Crippen LogP contribution in [0.25, 0.3) is 10.9 Å². The van der Waals surface area contributed by atoms with Gasteiger partial charge in [0.15, 0.2) is 0 Å². The third-order valence-corrected chi connectivity index (χ3v) is 4.27. The fraction of sp³-hybridized carbons (Fsp3) is 0.500. The van der Waals surface area contributed by atoms with Crippen molar-refractivity contribution in [3.8, 4) is 0 Å². The summed E-state index contributed by atoms with van der Waals surface area (Å²) in [5.41, 5.74) is 1.65. The van der Waals surface area contributed by atoms with Crippen LogP contribution in [0.4, 0.5) is 10.5 Å². The number of carbonyl (C=O) groups is 1. The van der Waals surface area contributed by atoms with E-state index in [1.54, 1.807) is 12.0 Å². The van der Waals surface area contributed by atoms with Crippen molar-refractivity contribution in [3.63, 3.8) is 0 Å². The average Bonchev–Trinajstić information content (AvgIpc) is 2.94. The third-order valence-electron chi connectivity index (χ3n) is 4.27. The lowest BCUT2D eigenvalue weighted by atomic mass is 10.1. The maximum Gasteiger partial charge on any atom is 0.322 e. The first-order valence-corrected chi connectivity index (χ1v) is 8.26. The lowest BCUT2D eigenvalue weighted by Gasteiger charge is -2.38. The van der Waals surface area contributed by atoms with Gasteiger partial charge in [-0.2, -0.15) is 0 Å². The number of ether oxygens (including phenoxy) is 2. The summed E-state index contributed by atoms with van der Waals surface area (Å²) in [6, 6.07) is 7.95. The van der Waals surface area contributed by atoms with Crippen LogP contribution in [0.3, 0.4) is 0 Å². The number of urea groups is 1. The van der Waals surface area contributed by atoms with Crippen molar-refractivity contribution in [2.24, 2.45) is 0 Å². The topological polar surface area (TPSA) is 55.7 Å². The second-order valence-electron chi connectivity index (χ2n) is 6.74. The summed E-state index contributed by atoms with van der Waals surface area (Å²) in [6.45, 7) is 7.27. The number of hydrogen-bond acceptors (Lipinski definition) is 3. The van der Waals surface area contributed by atoms with Gasteiger partial charge in [0, 0.05) is 43.0 Å². The van der Waals surface area contributed by atoms with Gasteiger partial charge in [-0.15, -0.1) is 0 Å². The molecule has 3 rings (SSSR count). The minimum Gasteiger partial charge on any atom is -0.383 e. The van der Waals surface area contributed by atoms with Crippen molar-refractivity contribution >= 4 is 22.6 Å². The molecule has 2 amide bonds. The zero-order valence-electron chi connectivity index (χ0n) is 14.5. The first-order valence-electron chi connectivity index (χ1n) is 8.26. The minimum atomic E-state index is -0.294. The number of nitrogens with zero attached hydrogens (tertiary/aromatic N) is 2. The van der Waals surface area contributed by atoms with Crippen LogP contribution in [0.2, 0.25) is 0 Å². The Morgan fingerprint density at radius 2 is 2.21 bits per heavy atom. The number of hydrogen-bond donors (Lipinski definition) is 1. The molecule has 130 valence electrons. The van der Waals surface area contributed by atoms with Crippen LogP contribution < -0.4 is 5.32 Å². The SMILES string of the molecule is COCCn1ccc2cc(NC(=O)N3CCOC(C)(C)C3)ccc21. The molecule has 1 aliphatic heterocycles. The van der Waals surface area contributed by atoms with Crippen LogP contribution in [0.15, 0.2) is 30.5 Å². The van der Waals surface area contributed by atoms with Gasteiger partial charge < -0.3 is 24.3 Å². The number of amides is 2. The van der Waals surface area contributed by atoms with E-state index in [2.05, 4.69) is 16.0 Å². The van der Waals surface area contributed by atoms with Gasteiger partial charge in [-0.05, 0) is 38.1 Å². The summed E-state index contributed by atoms with van der Waals surface area (Å²) in [5, 5.41) is 4.09. The fourth-order valence-corrected chi connectivity index (χ4v) is 3.05. The fourth-order valence-electron chi connectivity index (χ4n) is 3.05. The highest BCUT2D eigenvalue weighted by molar-refractivity contribution is 5.93. The molecule has 6 nitrogen and oxygen atoms in total. The van der Waals surface area contributed by atoms with Gasteiger partial charge in [0.2, 0.25) is 0 Å². The smallest absolute Gasteiger partial charge is 0.322 e.